The lowest BCUT2D eigenvalue weighted by Crippen LogP contribution is -2.57. The molecule has 24 heavy (non-hydrogen) atoms. The van der Waals surface area contributed by atoms with Crippen LogP contribution in [0.5, 0.6) is 0 Å². The summed E-state index contributed by atoms with van der Waals surface area (Å²) in [7, 11) is -2.02. The fourth-order valence-electron chi connectivity index (χ4n) is 2.76. The van der Waals surface area contributed by atoms with Gasteiger partial charge in [0.15, 0.2) is 0 Å². The molecule has 0 bridgehead atoms. The molecule has 1 aromatic rings. The number of halogens is 1. The minimum atomic E-state index is -3.41. The Morgan fingerprint density at radius 2 is 1.92 bits per heavy atom. The minimum Gasteiger partial charge on any atom is -0.337 e. The summed E-state index contributed by atoms with van der Waals surface area (Å²) < 4.78 is 25.6. The van der Waals surface area contributed by atoms with Crippen LogP contribution in [0.2, 0.25) is 0 Å². The van der Waals surface area contributed by atoms with E-state index in [4.69, 9.17) is 0 Å². The maximum absolute atomic E-state index is 12.4. The van der Waals surface area contributed by atoms with Gasteiger partial charge in [0.05, 0.1) is 4.90 Å². The van der Waals surface area contributed by atoms with Crippen LogP contribution in [0.15, 0.2) is 29.2 Å². The lowest BCUT2D eigenvalue weighted by molar-refractivity contribution is -0.134. The monoisotopic (exact) mass is 375 g/mol. The predicted molar refractivity (Wildman–Crippen MR) is 96.9 cm³/mol. The van der Waals surface area contributed by atoms with Crippen LogP contribution < -0.4 is 10.0 Å². The fourth-order valence-corrected chi connectivity index (χ4v) is 3.49. The van der Waals surface area contributed by atoms with E-state index in [1.807, 2.05) is 4.90 Å². The molecule has 2 N–H and O–H groups in total. The first-order valence-corrected chi connectivity index (χ1v) is 9.39. The molecule has 0 radical (unpaired) electrons. The number of piperazine rings is 1. The van der Waals surface area contributed by atoms with E-state index in [-0.39, 0.29) is 29.3 Å². The van der Waals surface area contributed by atoms with Crippen molar-refractivity contribution in [2.45, 2.75) is 43.7 Å². The van der Waals surface area contributed by atoms with Gasteiger partial charge >= 0.3 is 0 Å². The first kappa shape index (κ1) is 20.9. The number of nitrogens with one attached hydrogen (secondary N) is 2. The zero-order valence-corrected chi connectivity index (χ0v) is 15.9. The van der Waals surface area contributed by atoms with Gasteiger partial charge in [0, 0.05) is 31.6 Å². The number of carbonyl (C=O) groups is 1. The van der Waals surface area contributed by atoms with Crippen molar-refractivity contribution < 1.29 is 13.2 Å². The van der Waals surface area contributed by atoms with Crippen molar-refractivity contribution in [1.82, 2.24) is 14.9 Å². The molecular formula is C16H26ClN3O3S. The molecule has 0 spiro atoms. The summed E-state index contributed by atoms with van der Waals surface area (Å²) in [5, 5.41) is 3.36. The maximum atomic E-state index is 12.4. The highest BCUT2D eigenvalue weighted by Crippen LogP contribution is 2.14. The van der Waals surface area contributed by atoms with E-state index in [2.05, 4.69) is 23.9 Å². The summed E-state index contributed by atoms with van der Waals surface area (Å²) in [5.41, 5.74) is 0.962. The van der Waals surface area contributed by atoms with E-state index in [9.17, 15) is 13.2 Å². The molecule has 0 aliphatic carbocycles. The molecule has 2 rings (SSSR count). The van der Waals surface area contributed by atoms with Gasteiger partial charge in [-0.3, -0.25) is 4.79 Å². The van der Waals surface area contributed by atoms with Crippen LogP contribution >= 0.6 is 12.4 Å². The van der Waals surface area contributed by atoms with Gasteiger partial charge in [-0.15, -0.1) is 12.4 Å². The van der Waals surface area contributed by atoms with Gasteiger partial charge in [0.2, 0.25) is 15.9 Å². The first-order valence-electron chi connectivity index (χ1n) is 7.90. The molecule has 0 saturated carbocycles. The summed E-state index contributed by atoms with van der Waals surface area (Å²) in [4.78, 5) is 14.6. The molecule has 1 fully saturated rings. The Bertz CT molecular complexity index is 649. The number of carbonyl (C=O) groups excluding carboxylic acids is 1. The Hall–Kier alpha value is -1.15. The average molecular weight is 376 g/mol. The van der Waals surface area contributed by atoms with Gasteiger partial charge in [-0.25, -0.2) is 13.1 Å². The molecule has 136 valence electrons. The number of benzene rings is 1. The molecule has 1 amide bonds. The molecule has 8 heteroatoms. The van der Waals surface area contributed by atoms with Crippen LogP contribution in [0.4, 0.5) is 0 Å². The van der Waals surface area contributed by atoms with Crippen LogP contribution in [0, 0.1) is 0 Å². The number of hydrogen-bond donors (Lipinski definition) is 2. The molecular weight excluding hydrogens is 350 g/mol. The van der Waals surface area contributed by atoms with Crippen molar-refractivity contribution in [2.24, 2.45) is 0 Å². The standard InChI is InChI=1S/C16H25N3O3S.ClH/c1-12-13(2)19(11-10-18-12)16(20)9-6-14-4-7-15(8-5-14)23(21,22)17-3;/h4-5,7-8,12-13,17-18H,6,9-11H2,1-3H3;1H. The molecule has 6 nitrogen and oxygen atoms in total. The smallest absolute Gasteiger partial charge is 0.240 e. The number of hydrogen-bond acceptors (Lipinski definition) is 4. The lowest BCUT2D eigenvalue weighted by Gasteiger charge is -2.38. The van der Waals surface area contributed by atoms with Gasteiger partial charge in [-0.05, 0) is 45.0 Å². The third-order valence-corrected chi connectivity index (χ3v) is 5.91. The van der Waals surface area contributed by atoms with Crippen LogP contribution in [0.25, 0.3) is 0 Å². The van der Waals surface area contributed by atoms with Crippen molar-refractivity contribution in [3.05, 3.63) is 29.8 Å². The summed E-state index contributed by atoms with van der Waals surface area (Å²) in [6.45, 7) is 5.72. The largest absolute Gasteiger partial charge is 0.337 e. The summed E-state index contributed by atoms with van der Waals surface area (Å²) in [6.07, 6.45) is 1.05. The highest BCUT2D eigenvalue weighted by atomic mass is 35.5. The highest BCUT2D eigenvalue weighted by molar-refractivity contribution is 7.89. The van der Waals surface area contributed by atoms with Crippen LogP contribution in [0.3, 0.4) is 0 Å². The average Bonchev–Trinajstić information content (AvgIpc) is 2.55. The van der Waals surface area contributed by atoms with E-state index in [1.54, 1.807) is 24.3 Å². The van der Waals surface area contributed by atoms with E-state index in [1.165, 1.54) is 7.05 Å². The van der Waals surface area contributed by atoms with Crippen LogP contribution in [-0.4, -0.2) is 51.4 Å². The Morgan fingerprint density at radius 3 is 2.50 bits per heavy atom. The number of aryl methyl sites for hydroxylation is 1. The zero-order valence-electron chi connectivity index (χ0n) is 14.3. The molecule has 1 heterocycles. The number of rotatable bonds is 5. The fraction of sp³-hybridized carbons (Fsp3) is 0.562. The van der Waals surface area contributed by atoms with Crippen molar-refractivity contribution in [3.8, 4) is 0 Å². The van der Waals surface area contributed by atoms with Gasteiger partial charge in [0.25, 0.3) is 0 Å². The number of amides is 1. The second kappa shape index (κ2) is 8.80. The third kappa shape index (κ3) is 4.92. The van der Waals surface area contributed by atoms with Gasteiger partial charge in [-0.1, -0.05) is 12.1 Å². The van der Waals surface area contributed by atoms with E-state index in [0.29, 0.717) is 18.9 Å². The molecule has 1 aliphatic rings. The van der Waals surface area contributed by atoms with E-state index < -0.39 is 10.0 Å². The first-order chi connectivity index (χ1) is 10.8. The molecule has 1 saturated heterocycles. The van der Waals surface area contributed by atoms with Gasteiger partial charge in [-0.2, -0.15) is 0 Å². The number of nitrogens with zero attached hydrogens (tertiary/aromatic N) is 1. The van der Waals surface area contributed by atoms with Crippen LogP contribution in [0.1, 0.15) is 25.8 Å². The summed E-state index contributed by atoms with van der Waals surface area (Å²) in [6, 6.07) is 7.17. The van der Waals surface area contributed by atoms with Crippen molar-refractivity contribution in [2.75, 3.05) is 20.1 Å². The molecule has 1 aliphatic heterocycles. The summed E-state index contributed by atoms with van der Waals surface area (Å²) in [5.74, 6) is 0.151. The number of sulfonamides is 1. The Kier molecular flexibility index (Phi) is 7.66. The van der Waals surface area contributed by atoms with Crippen LogP contribution in [-0.2, 0) is 21.2 Å². The quantitative estimate of drug-likeness (QED) is 0.809. The molecule has 2 unspecified atom stereocenters. The molecule has 1 aromatic carbocycles. The highest BCUT2D eigenvalue weighted by Gasteiger charge is 2.27. The Labute approximate surface area is 150 Å². The normalized spacial score (nSPS) is 21.2. The zero-order chi connectivity index (χ0) is 17.0. The van der Waals surface area contributed by atoms with Crippen molar-refractivity contribution in [3.63, 3.8) is 0 Å². The Morgan fingerprint density at radius 1 is 1.29 bits per heavy atom. The lowest BCUT2D eigenvalue weighted by atomic mass is 10.0. The molecule has 2 atom stereocenters. The van der Waals surface area contributed by atoms with Crippen molar-refractivity contribution in [1.29, 1.82) is 0 Å². The topological polar surface area (TPSA) is 78.5 Å². The summed E-state index contributed by atoms with van der Waals surface area (Å²) >= 11 is 0. The third-order valence-electron chi connectivity index (χ3n) is 4.48. The van der Waals surface area contributed by atoms with Gasteiger partial charge < -0.3 is 10.2 Å². The van der Waals surface area contributed by atoms with E-state index in [0.717, 1.165) is 18.7 Å². The SMILES string of the molecule is CNS(=O)(=O)c1ccc(CCC(=O)N2CCNC(C)C2C)cc1.Cl. The predicted octanol–water partition coefficient (Wildman–Crippen LogP) is 1.16. The maximum Gasteiger partial charge on any atom is 0.240 e. The van der Waals surface area contributed by atoms with Crippen molar-refractivity contribution >= 4 is 28.3 Å². The van der Waals surface area contributed by atoms with E-state index >= 15 is 0 Å². The van der Waals surface area contributed by atoms with Gasteiger partial charge in [0.1, 0.15) is 0 Å². The minimum absolute atomic E-state index is 0. The second-order valence-electron chi connectivity index (χ2n) is 5.92. The molecule has 0 aromatic heterocycles. The Balaban J connectivity index is 0.00000288. The second-order valence-corrected chi connectivity index (χ2v) is 7.81.